The van der Waals surface area contributed by atoms with Crippen molar-refractivity contribution in [2.24, 2.45) is 0 Å². The van der Waals surface area contributed by atoms with Crippen LogP contribution in [0.1, 0.15) is 25.7 Å². The van der Waals surface area contributed by atoms with Crippen LogP contribution in [0.25, 0.3) is 21.8 Å². The maximum Gasteiger partial charge on any atom is 0.267 e. The Morgan fingerprint density at radius 1 is 0.837 bits per heavy atom. The van der Waals surface area contributed by atoms with E-state index in [-0.39, 0.29) is 58.3 Å². The van der Waals surface area contributed by atoms with Gasteiger partial charge in [0, 0.05) is 29.9 Å². The smallest absolute Gasteiger partial charge is 0.267 e. The van der Waals surface area contributed by atoms with Gasteiger partial charge in [-0.2, -0.15) is 0 Å². The molecule has 19 heteroatoms. The largest absolute Gasteiger partial charge is 0.351 e. The molecule has 0 aliphatic carbocycles. The molecule has 2 N–H and O–H groups in total. The molecule has 0 amide bonds. The first-order valence-electron chi connectivity index (χ1n) is 15.3. The van der Waals surface area contributed by atoms with Crippen molar-refractivity contribution in [3.05, 3.63) is 66.1 Å². The molecule has 2 unspecified atom stereocenters. The number of thiazole rings is 1. The van der Waals surface area contributed by atoms with E-state index in [1.54, 1.807) is 6.07 Å². The van der Waals surface area contributed by atoms with Crippen LogP contribution in [-0.4, -0.2) is 81.3 Å². The van der Waals surface area contributed by atoms with Gasteiger partial charge in [0.1, 0.15) is 21.5 Å². The molecule has 0 spiro atoms. The van der Waals surface area contributed by atoms with Gasteiger partial charge in [-0.25, -0.2) is 53.4 Å². The average Bonchev–Trinajstić information content (AvgIpc) is 3.58. The summed E-state index contributed by atoms with van der Waals surface area (Å²) in [7, 11) is -11.3. The van der Waals surface area contributed by atoms with Gasteiger partial charge in [-0.3, -0.25) is 4.72 Å². The highest BCUT2D eigenvalue weighted by Gasteiger charge is 2.45. The second kappa shape index (κ2) is 12.5. The Bertz CT molecular complexity index is 2230. The van der Waals surface area contributed by atoms with Gasteiger partial charge in [-0.1, -0.05) is 23.5 Å². The highest BCUT2D eigenvalue weighted by molar-refractivity contribution is 7.92. The molecule has 2 bridgehead atoms. The molecule has 3 fully saturated rings. The van der Waals surface area contributed by atoms with Crippen molar-refractivity contribution in [1.82, 2.24) is 15.0 Å². The van der Waals surface area contributed by atoms with Crippen molar-refractivity contribution in [1.29, 1.82) is 0 Å². The molecule has 3 aliphatic heterocycles. The number of sulfonamides is 1. The molecule has 0 saturated carbocycles. The van der Waals surface area contributed by atoms with Crippen LogP contribution in [0.3, 0.4) is 0 Å². The Morgan fingerprint density at radius 3 is 2.16 bits per heavy atom. The first kappa shape index (κ1) is 33.7. The molecule has 2 atom stereocenters. The lowest BCUT2D eigenvalue weighted by molar-refractivity contribution is 0.520. The van der Waals surface area contributed by atoms with E-state index < -0.39 is 57.7 Å². The van der Waals surface area contributed by atoms with E-state index in [2.05, 4.69) is 15.3 Å². The number of halogens is 3. The van der Waals surface area contributed by atoms with Crippen molar-refractivity contribution < 1.29 is 38.4 Å². The van der Waals surface area contributed by atoms with E-state index in [9.17, 15) is 34.0 Å². The summed E-state index contributed by atoms with van der Waals surface area (Å²) in [6.45, 7) is 0. The number of anilines is 3. The molecule has 49 heavy (non-hydrogen) atoms. The molecule has 2 aromatic heterocycles. The maximum absolute atomic E-state index is 16.3. The van der Waals surface area contributed by atoms with Crippen LogP contribution in [0, 0.1) is 17.5 Å². The van der Waals surface area contributed by atoms with Gasteiger partial charge in [0.05, 0.1) is 45.0 Å². The topological polar surface area (TPSA) is 168 Å². The van der Waals surface area contributed by atoms with Crippen LogP contribution < -0.4 is 14.9 Å². The molecule has 3 saturated heterocycles. The Kier molecular flexibility index (Phi) is 8.59. The van der Waals surface area contributed by atoms with Crippen molar-refractivity contribution in [2.75, 3.05) is 38.0 Å². The van der Waals surface area contributed by atoms with Crippen molar-refractivity contribution in [2.45, 2.75) is 48.7 Å². The molecule has 0 radical (unpaired) electrons. The molecule has 7 rings (SSSR count). The van der Waals surface area contributed by atoms with Crippen molar-refractivity contribution in [3.63, 3.8) is 0 Å². The fourth-order valence-electron chi connectivity index (χ4n) is 6.53. The second-order valence-corrected chi connectivity index (χ2v) is 19.3. The number of hydrogen-bond donors (Lipinski definition) is 2. The molecule has 12 nitrogen and oxygen atoms in total. The van der Waals surface area contributed by atoms with Crippen LogP contribution in [0.2, 0.25) is 0 Å². The molecule has 2 aromatic carbocycles. The fraction of sp³-hybridized carbons (Fsp3) is 0.367. The minimum Gasteiger partial charge on any atom is -0.351 e. The summed E-state index contributed by atoms with van der Waals surface area (Å²) in [5.41, 5.74) is -0.316. The third kappa shape index (κ3) is 6.72. The van der Waals surface area contributed by atoms with Crippen LogP contribution in [-0.2, 0) is 29.7 Å². The summed E-state index contributed by atoms with van der Waals surface area (Å²) in [5, 5.41) is 3.60. The maximum atomic E-state index is 16.3. The Morgan fingerprint density at radius 2 is 1.49 bits per heavy atom. The Hall–Kier alpha value is -3.81. The minimum absolute atomic E-state index is 0.0313. The Balaban J connectivity index is 1.29. The quantitative estimate of drug-likeness (QED) is 0.264. The van der Waals surface area contributed by atoms with E-state index in [4.69, 9.17) is 4.98 Å². The summed E-state index contributed by atoms with van der Waals surface area (Å²) in [6, 6.07) is 7.11. The zero-order valence-corrected chi connectivity index (χ0v) is 28.8. The van der Waals surface area contributed by atoms with Gasteiger partial charge in [-0.05, 0) is 56.0 Å². The number of rotatable bonds is 8. The molecule has 260 valence electrons. The van der Waals surface area contributed by atoms with Gasteiger partial charge < -0.3 is 10.2 Å². The zero-order valence-electron chi connectivity index (χ0n) is 25.5. The lowest BCUT2D eigenvalue weighted by atomic mass is 10.1. The minimum atomic E-state index is -4.90. The highest BCUT2D eigenvalue weighted by atomic mass is 32.2. The van der Waals surface area contributed by atoms with E-state index >= 15 is 4.39 Å². The fourth-order valence-corrected chi connectivity index (χ4v) is 12.4. The zero-order chi connectivity index (χ0) is 34.7. The average molecular weight is 755 g/mol. The van der Waals surface area contributed by atoms with Crippen LogP contribution >= 0.6 is 11.3 Å². The third-order valence-corrected chi connectivity index (χ3v) is 14.8. The predicted octanol–water partition coefficient (Wildman–Crippen LogP) is 4.24. The lowest BCUT2D eigenvalue weighted by Gasteiger charge is -2.34. The van der Waals surface area contributed by atoms with Crippen LogP contribution in [0.5, 0.6) is 0 Å². The van der Waals surface area contributed by atoms with E-state index in [0.29, 0.717) is 41.4 Å². The van der Waals surface area contributed by atoms with Crippen LogP contribution in [0.4, 0.5) is 29.9 Å². The monoisotopic (exact) mass is 754 g/mol. The molecular weight excluding hydrogens is 726 g/mol. The molecule has 4 aromatic rings. The number of sulfone groups is 2. The van der Waals surface area contributed by atoms with Gasteiger partial charge in [0.15, 0.2) is 25.7 Å². The number of aromatic nitrogens is 3. The summed E-state index contributed by atoms with van der Waals surface area (Å²) in [4.78, 5) is 14.7. The number of hydrogen-bond acceptors (Lipinski definition) is 12. The number of nitrogens with one attached hydrogen (secondary N) is 2. The SMILES string of the molecule is O=S1(=O)CCC(Nc2nccc(-c3sc(N4C5CCC4CS(=O)(=O)C5)nc3-c3cccc(NS(=O)(=O)c4c(F)cccc4F)c3F)n2)CC1. The van der Waals surface area contributed by atoms with Gasteiger partial charge >= 0.3 is 0 Å². The lowest BCUT2D eigenvalue weighted by Crippen LogP contribution is -2.49. The third-order valence-electron chi connectivity index (χ3n) is 8.81. The van der Waals surface area contributed by atoms with Gasteiger partial charge in [0.25, 0.3) is 10.0 Å². The second-order valence-electron chi connectivity index (χ2n) is 12.2. The standard InChI is InChI=1S/C30H29F3N6O6S4/c31-21-4-2-5-22(32)28(21)49(44,45)38-23-6-1-3-20(25(23)33)26-27(46-30(37-26)39-18-7-8-19(39)16-48(42,43)15-18)24-9-12-34-29(36-24)35-17-10-13-47(40,41)14-11-17/h1-6,9,12,17-19,38H,7-8,10-11,13-16H2,(H,34,35,36). The number of fused-ring (bicyclic) bond motifs is 2. The van der Waals surface area contributed by atoms with E-state index in [1.165, 1.54) is 18.3 Å². The normalized spacial score (nSPS) is 21.8. The Labute approximate surface area is 284 Å². The summed E-state index contributed by atoms with van der Waals surface area (Å²) < 4.78 is 122. The molecule has 5 heterocycles. The van der Waals surface area contributed by atoms with Gasteiger partial charge in [0.2, 0.25) is 5.95 Å². The number of nitrogens with zero attached hydrogens (tertiary/aromatic N) is 4. The first-order chi connectivity index (χ1) is 23.2. The first-order valence-corrected chi connectivity index (χ1v) is 21.2. The summed E-state index contributed by atoms with van der Waals surface area (Å²) >= 11 is 1.16. The molecule has 3 aliphatic rings. The summed E-state index contributed by atoms with van der Waals surface area (Å²) in [5.74, 6) is -3.60. The van der Waals surface area contributed by atoms with E-state index in [1.807, 2.05) is 9.62 Å². The molecular formula is C30H29F3N6O6S4. The predicted molar refractivity (Wildman–Crippen MR) is 179 cm³/mol. The van der Waals surface area contributed by atoms with Crippen molar-refractivity contribution >= 4 is 57.8 Å². The van der Waals surface area contributed by atoms with E-state index in [0.717, 1.165) is 35.6 Å². The number of benzene rings is 2. The highest BCUT2D eigenvalue weighted by Crippen LogP contribution is 2.45. The summed E-state index contributed by atoms with van der Waals surface area (Å²) in [6.07, 6.45) is 3.49. The van der Waals surface area contributed by atoms with Crippen molar-refractivity contribution in [3.8, 4) is 21.8 Å². The van der Waals surface area contributed by atoms with Crippen LogP contribution in [0.15, 0.2) is 53.6 Å². The van der Waals surface area contributed by atoms with Gasteiger partial charge in [-0.15, -0.1) is 0 Å².